The fraction of sp³-hybridized carbons (Fsp3) is 0.111. The van der Waals surface area contributed by atoms with Gasteiger partial charge in [0.05, 0.1) is 11.1 Å². The number of rotatable bonds is 2. The summed E-state index contributed by atoms with van der Waals surface area (Å²) in [6, 6.07) is 0. The van der Waals surface area contributed by atoms with Crippen LogP contribution in [0.25, 0.3) is 0 Å². The second kappa shape index (κ2) is 3.83. The summed E-state index contributed by atoms with van der Waals surface area (Å²) in [6.45, 7) is 0. The van der Waals surface area contributed by atoms with Crippen molar-refractivity contribution in [2.75, 3.05) is 0 Å². The van der Waals surface area contributed by atoms with Crippen molar-refractivity contribution < 1.29 is 19.9 Å². The quantitative estimate of drug-likeness (QED) is 0.502. The zero-order valence-electron chi connectivity index (χ0n) is 8.35. The predicted octanol–water partition coefficient (Wildman–Crippen LogP) is -0.325. The molecule has 0 saturated carbocycles. The number of aliphatic imine (C=N–C) groups is 1. The van der Waals surface area contributed by atoms with Gasteiger partial charge in [-0.3, -0.25) is 15.0 Å². The molecule has 0 aromatic carbocycles. The van der Waals surface area contributed by atoms with Gasteiger partial charge in [0, 0.05) is 12.3 Å². The number of hydrogen-bond donors (Lipinski definition) is 2. The minimum absolute atomic E-state index is 0.244. The largest absolute Gasteiger partial charge is 0.478 e. The minimum atomic E-state index is -1.49. The van der Waals surface area contributed by atoms with Gasteiger partial charge in [0.15, 0.2) is 6.23 Å². The second-order valence-corrected chi connectivity index (χ2v) is 3.30. The maximum Gasteiger partial charge on any atom is 0.337 e. The molecular formula is C9H7N3O5. The lowest BCUT2D eigenvalue weighted by atomic mass is 10.1. The molecule has 2 heterocycles. The molecule has 0 saturated heterocycles. The molecule has 8 nitrogen and oxygen atoms in total. The summed E-state index contributed by atoms with van der Waals surface area (Å²) < 4.78 is 0. The zero-order chi connectivity index (χ0) is 12.6. The van der Waals surface area contributed by atoms with E-state index in [9.17, 15) is 20.0 Å². The number of carboxylic acid groups (broad SMARTS) is 1. The van der Waals surface area contributed by atoms with Crippen molar-refractivity contribution in [2.24, 2.45) is 4.99 Å². The van der Waals surface area contributed by atoms with Gasteiger partial charge in [-0.15, -0.1) is 0 Å². The fourth-order valence-corrected chi connectivity index (χ4v) is 1.43. The summed E-state index contributed by atoms with van der Waals surface area (Å²) >= 11 is 0. The average Bonchev–Trinajstić information content (AvgIpc) is 2.28. The summed E-state index contributed by atoms with van der Waals surface area (Å²) in [5, 5.41) is 29.1. The number of aliphatic carboxylic acids is 1. The van der Waals surface area contributed by atoms with Crippen LogP contribution < -0.4 is 0 Å². The summed E-state index contributed by atoms with van der Waals surface area (Å²) in [6.07, 6.45) is 3.13. The Bertz CT molecular complexity index is 517. The molecule has 2 N–H and O–H groups in total. The van der Waals surface area contributed by atoms with E-state index in [1.54, 1.807) is 0 Å². The molecule has 0 spiro atoms. The Hall–Kier alpha value is -2.48. The van der Waals surface area contributed by atoms with Gasteiger partial charge in [-0.05, 0) is 6.08 Å². The molecular weight excluding hydrogens is 230 g/mol. The summed E-state index contributed by atoms with van der Waals surface area (Å²) in [7, 11) is 0. The van der Waals surface area contributed by atoms with Crippen molar-refractivity contribution >= 4 is 11.8 Å². The van der Waals surface area contributed by atoms with E-state index in [-0.39, 0.29) is 17.1 Å². The molecule has 88 valence electrons. The topological polar surface area (TPSA) is 116 Å². The van der Waals surface area contributed by atoms with Crippen LogP contribution in [0.1, 0.15) is 0 Å². The van der Waals surface area contributed by atoms with Crippen molar-refractivity contribution in [3.05, 3.63) is 45.9 Å². The van der Waals surface area contributed by atoms with E-state index in [0.717, 1.165) is 17.3 Å². The van der Waals surface area contributed by atoms with E-state index in [2.05, 4.69) is 4.99 Å². The van der Waals surface area contributed by atoms with Gasteiger partial charge in [0.1, 0.15) is 11.4 Å². The van der Waals surface area contributed by atoms with Crippen LogP contribution in [0, 0.1) is 10.1 Å². The first-order valence-corrected chi connectivity index (χ1v) is 4.52. The molecule has 0 aliphatic carbocycles. The van der Waals surface area contributed by atoms with Crippen LogP contribution >= 0.6 is 0 Å². The number of aliphatic hydroxyl groups is 1. The summed E-state index contributed by atoms with van der Waals surface area (Å²) in [4.78, 5) is 25.5. The molecule has 0 amide bonds. The molecule has 2 rings (SSSR count). The lowest BCUT2D eigenvalue weighted by Gasteiger charge is -2.29. The van der Waals surface area contributed by atoms with E-state index in [4.69, 9.17) is 5.11 Å². The molecule has 8 heteroatoms. The monoisotopic (exact) mass is 237 g/mol. The highest BCUT2D eigenvalue weighted by molar-refractivity contribution is 5.99. The normalized spacial score (nSPS) is 22.3. The van der Waals surface area contributed by atoms with Crippen LogP contribution in [0.2, 0.25) is 0 Å². The first-order chi connectivity index (χ1) is 8.00. The van der Waals surface area contributed by atoms with Crippen LogP contribution in [-0.4, -0.2) is 38.1 Å². The highest BCUT2D eigenvalue weighted by Gasteiger charge is 2.31. The molecule has 2 aliphatic rings. The number of carbonyl (C=O) groups is 1. The highest BCUT2D eigenvalue weighted by Crippen LogP contribution is 2.21. The van der Waals surface area contributed by atoms with Crippen LogP contribution in [0.15, 0.2) is 40.8 Å². The third-order valence-electron chi connectivity index (χ3n) is 2.27. The third kappa shape index (κ3) is 1.81. The Morgan fingerprint density at radius 1 is 1.53 bits per heavy atom. The Labute approximate surface area is 94.6 Å². The number of amidine groups is 1. The molecule has 0 aromatic rings. The Balaban J connectivity index is 2.39. The lowest BCUT2D eigenvalue weighted by molar-refractivity contribution is -0.420. The third-order valence-corrected chi connectivity index (χ3v) is 2.27. The smallest absolute Gasteiger partial charge is 0.337 e. The summed E-state index contributed by atoms with van der Waals surface area (Å²) in [5.74, 6) is -1.08. The Morgan fingerprint density at radius 2 is 2.24 bits per heavy atom. The first kappa shape index (κ1) is 11.0. The van der Waals surface area contributed by atoms with E-state index in [0.29, 0.717) is 0 Å². The van der Waals surface area contributed by atoms with Crippen molar-refractivity contribution in [3.8, 4) is 0 Å². The highest BCUT2D eigenvalue weighted by atomic mass is 16.6. The molecule has 1 atom stereocenters. The van der Waals surface area contributed by atoms with Crippen molar-refractivity contribution in [3.63, 3.8) is 0 Å². The molecule has 0 radical (unpaired) electrons. The molecule has 0 fully saturated rings. The number of hydrogen-bond acceptors (Lipinski definition) is 6. The van der Waals surface area contributed by atoms with E-state index < -0.39 is 17.1 Å². The van der Waals surface area contributed by atoms with Gasteiger partial charge in [-0.2, -0.15) is 0 Å². The number of aliphatic hydroxyl groups excluding tert-OH is 1. The van der Waals surface area contributed by atoms with Crippen LogP contribution in [-0.2, 0) is 4.79 Å². The molecule has 0 aromatic heterocycles. The Morgan fingerprint density at radius 3 is 2.82 bits per heavy atom. The standard InChI is InChI=1S/C9H7N3O5/c13-8-6(9(14)15)3-10-7-2-1-5(12(16)17)4-11(7)8/h1-4,8,13H,(H,14,15). The molecule has 2 aliphatic heterocycles. The molecule has 17 heavy (non-hydrogen) atoms. The molecule has 1 unspecified atom stereocenters. The van der Waals surface area contributed by atoms with Gasteiger partial charge < -0.3 is 10.2 Å². The van der Waals surface area contributed by atoms with Crippen molar-refractivity contribution in [2.45, 2.75) is 6.23 Å². The fourth-order valence-electron chi connectivity index (χ4n) is 1.43. The average molecular weight is 237 g/mol. The number of allylic oxidation sites excluding steroid dienone is 1. The van der Waals surface area contributed by atoms with Crippen LogP contribution in [0.4, 0.5) is 0 Å². The Kier molecular flexibility index (Phi) is 2.48. The number of carboxylic acids is 1. The van der Waals surface area contributed by atoms with Gasteiger partial charge in [-0.25, -0.2) is 9.79 Å². The maximum atomic E-state index is 10.8. The lowest BCUT2D eigenvalue weighted by Crippen LogP contribution is -2.42. The summed E-state index contributed by atoms with van der Waals surface area (Å²) in [5.41, 5.74) is -0.599. The number of nitro groups is 1. The van der Waals surface area contributed by atoms with Crippen molar-refractivity contribution in [1.29, 1.82) is 0 Å². The maximum absolute atomic E-state index is 10.8. The number of nitrogens with zero attached hydrogens (tertiary/aromatic N) is 3. The predicted molar refractivity (Wildman–Crippen MR) is 55.2 cm³/mol. The minimum Gasteiger partial charge on any atom is -0.478 e. The molecule has 0 bridgehead atoms. The number of fused-ring (bicyclic) bond motifs is 1. The zero-order valence-corrected chi connectivity index (χ0v) is 8.35. The van der Waals surface area contributed by atoms with E-state index in [1.165, 1.54) is 12.2 Å². The van der Waals surface area contributed by atoms with E-state index in [1.807, 2.05) is 0 Å². The SMILES string of the molecule is O=C(O)C1=CN=C2C=CC([N+](=O)[O-])=CN2C1O. The van der Waals surface area contributed by atoms with Gasteiger partial charge in [-0.1, -0.05) is 0 Å². The van der Waals surface area contributed by atoms with Crippen LogP contribution in [0.3, 0.4) is 0 Å². The second-order valence-electron chi connectivity index (χ2n) is 3.30. The van der Waals surface area contributed by atoms with Gasteiger partial charge >= 0.3 is 5.97 Å². The van der Waals surface area contributed by atoms with E-state index >= 15 is 0 Å². The van der Waals surface area contributed by atoms with Gasteiger partial charge in [0.2, 0.25) is 0 Å². The van der Waals surface area contributed by atoms with Crippen LogP contribution in [0.5, 0.6) is 0 Å². The first-order valence-electron chi connectivity index (χ1n) is 4.52. The van der Waals surface area contributed by atoms with Gasteiger partial charge in [0.25, 0.3) is 5.70 Å². The van der Waals surface area contributed by atoms with Crippen molar-refractivity contribution in [1.82, 2.24) is 4.90 Å².